The van der Waals surface area contributed by atoms with Gasteiger partial charge in [-0.1, -0.05) is 12.1 Å². The number of Topliss-reactive ketones (excluding diaryl/α,β-unsaturated/α-hetero) is 1. The molecule has 0 aromatic heterocycles. The summed E-state index contributed by atoms with van der Waals surface area (Å²) in [6.45, 7) is 4.02. The molecule has 0 saturated heterocycles. The van der Waals surface area contributed by atoms with Crippen molar-refractivity contribution in [3.8, 4) is 5.75 Å². The number of hydrogen-bond donors (Lipinski definition) is 0. The van der Waals surface area contributed by atoms with E-state index in [1.807, 2.05) is 38.1 Å². The van der Waals surface area contributed by atoms with E-state index in [9.17, 15) is 4.79 Å². The Labute approximate surface area is 96.6 Å². The standard InChI is InChI=1S/C14H18O2/c1-10(2)16-12-8-6-11(7-9-12)13-4-3-5-14(13)15/h6-10,13H,3-5H2,1-2H3. The molecule has 1 aliphatic rings. The van der Waals surface area contributed by atoms with Crippen molar-refractivity contribution in [1.82, 2.24) is 0 Å². The van der Waals surface area contributed by atoms with Crippen LogP contribution in [0.4, 0.5) is 0 Å². The van der Waals surface area contributed by atoms with E-state index >= 15 is 0 Å². The van der Waals surface area contributed by atoms with Gasteiger partial charge in [0.15, 0.2) is 0 Å². The van der Waals surface area contributed by atoms with Crippen LogP contribution in [-0.4, -0.2) is 11.9 Å². The highest BCUT2D eigenvalue weighted by atomic mass is 16.5. The van der Waals surface area contributed by atoms with E-state index in [2.05, 4.69) is 0 Å². The Bertz CT molecular complexity index is 365. The fourth-order valence-electron chi connectivity index (χ4n) is 2.22. The van der Waals surface area contributed by atoms with E-state index in [1.54, 1.807) is 0 Å². The summed E-state index contributed by atoms with van der Waals surface area (Å²) < 4.78 is 5.57. The van der Waals surface area contributed by atoms with Gasteiger partial charge in [-0.2, -0.15) is 0 Å². The van der Waals surface area contributed by atoms with Crippen LogP contribution >= 0.6 is 0 Å². The molecule has 1 atom stereocenters. The summed E-state index contributed by atoms with van der Waals surface area (Å²) in [5, 5.41) is 0. The van der Waals surface area contributed by atoms with E-state index in [-0.39, 0.29) is 12.0 Å². The van der Waals surface area contributed by atoms with Crippen molar-refractivity contribution in [2.75, 3.05) is 0 Å². The van der Waals surface area contributed by atoms with Crippen LogP contribution in [0.5, 0.6) is 5.75 Å². The highest BCUT2D eigenvalue weighted by Crippen LogP contribution is 2.31. The van der Waals surface area contributed by atoms with Crippen LogP contribution in [0.2, 0.25) is 0 Å². The number of benzene rings is 1. The third-order valence-corrected chi connectivity index (χ3v) is 2.96. The molecule has 2 nitrogen and oxygen atoms in total. The summed E-state index contributed by atoms with van der Waals surface area (Å²) in [5.41, 5.74) is 1.14. The number of carbonyl (C=O) groups excluding carboxylic acids is 1. The molecule has 1 fully saturated rings. The minimum Gasteiger partial charge on any atom is -0.491 e. The number of ketones is 1. The van der Waals surface area contributed by atoms with Gasteiger partial charge in [-0.3, -0.25) is 4.79 Å². The van der Waals surface area contributed by atoms with Gasteiger partial charge in [0.05, 0.1) is 6.10 Å². The quantitative estimate of drug-likeness (QED) is 0.778. The van der Waals surface area contributed by atoms with Crippen molar-refractivity contribution in [1.29, 1.82) is 0 Å². The lowest BCUT2D eigenvalue weighted by atomic mass is 9.97. The van der Waals surface area contributed by atoms with Gasteiger partial charge in [-0.15, -0.1) is 0 Å². The Morgan fingerprint density at radius 2 is 1.94 bits per heavy atom. The molecule has 1 aliphatic carbocycles. The van der Waals surface area contributed by atoms with Crippen LogP contribution in [0.15, 0.2) is 24.3 Å². The third-order valence-electron chi connectivity index (χ3n) is 2.96. The molecule has 1 saturated carbocycles. The number of ether oxygens (including phenoxy) is 1. The summed E-state index contributed by atoms with van der Waals surface area (Å²) >= 11 is 0. The van der Waals surface area contributed by atoms with Gasteiger partial charge in [0.25, 0.3) is 0 Å². The summed E-state index contributed by atoms with van der Waals surface area (Å²) in [5.74, 6) is 1.40. The summed E-state index contributed by atoms with van der Waals surface area (Å²) in [6.07, 6.45) is 2.98. The normalized spacial score (nSPS) is 20.4. The highest BCUT2D eigenvalue weighted by molar-refractivity contribution is 5.87. The SMILES string of the molecule is CC(C)Oc1ccc(C2CCCC2=O)cc1. The zero-order valence-electron chi connectivity index (χ0n) is 9.90. The molecule has 0 bridgehead atoms. The van der Waals surface area contributed by atoms with Crippen LogP contribution in [0.25, 0.3) is 0 Å². The van der Waals surface area contributed by atoms with Gasteiger partial charge in [-0.25, -0.2) is 0 Å². The van der Waals surface area contributed by atoms with Crippen molar-refractivity contribution in [2.45, 2.75) is 45.1 Å². The first kappa shape index (κ1) is 11.2. The van der Waals surface area contributed by atoms with Crippen LogP contribution in [-0.2, 0) is 4.79 Å². The molecular weight excluding hydrogens is 200 g/mol. The monoisotopic (exact) mass is 218 g/mol. The molecule has 0 heterocycles. The topological polar surface area (TPSA) is 26.3 Å². The lowest BCUT2D eigenvalue weighted by molar-refractivity contribution is -0.118. The van der Waals surface area contributed by atoms with Crippen LogP contribution in [0.3, 0.4) is 0 Å². The first-order valence-corrected chi connectivity index (χ1v) is 5.96. The number of rotatable bonds is 3. The van der Waals surface area contributed by atoms with E-state index < -0.39 is 0 Å². The molecule has 86 valence electrons. The molecule has 1 unspecified atom stereocenters. The highest BCUT2D eigenvalue weighted by Gasteiger charge is 2.25. The Morgan fingerprint density at radius 1 is 1.25 bits per heavy atom. The van der Waals surface area contributed by atoms with Crippen molar-refractivity contribution in [2.24, 2.45) is 0 Å². The molecule has 1 aromatic carbocycles. The minimum absolute atomic E-state index is 0.132. The Balaban J connectivity index is 2.09. The maximum absolute atomic E-state index is 11.6. The van der Waals surface area contributed by atoms with Gasteiger partial charge in [0.1, 0.15) is 11.5 Å². The first-order valence-electron chi connectivity index (χ1n) is 5.96. The van der Waals surface area contributed by atoms with E-state index in [1.165, 1.54) is 0 Å². The second kappa shape index (κ2) is 4.69. The lowest BCUT2D eigenvalue weighted by Crippen LogP contribution is -2.06. The molecule has 0 N–H and O–H groups in total. The smallest absolute Gasteiger partial charge is 0.140 e. The van der Waals surface area contributed by atoms with Gasteiger partial charge >= 0.3 is 0 Å². The summed E-state index contributed by atoms with van der Waals surface area (Å²) in [7, 11) is 0. The molecule has 0 aliphatic heterocycles. The molecule has 0 spiro atoms. The molecule has 0 radical (unpaired) electrons. The van der Waals surface area contributed by atoms with E-state index in [4.69, 9.17) is 4.74 Å². The van der Waals surface area contributed by atoms with Crippen LogP contribution in [0.1, 0.15) is 44.6 Å². The molecule has 16 heavy (non-hydrogen) atoms. The van der Waals surface area contributed by atoms with Crippen molar-refractivity contribution in [3.05, 3.63) is 29.8 Å². The second-order valence-corrected chi connectivity index (χ2v) is 4.65. The van der Waals surface area contributed by atoms with Crippen LogP contribution in [0, 0.1) is 0 Å². The van der Waals surface area contributed by atoms with E-state index in [0.29, 0.717) is 5.78 Å². The lowest BCUT2D eigenvalue weighted by Gasteiger charge is -2.12. The van der Waals surface area contributed by atoms with Crippen molar-refractivity contribution < 1.29 is 9.53 Å². The number of carbonyl (C=O) groups is 1. The first-order chi connectivity index (χ1) is 7.66. The average Bonchev–Trinajstić information content (AvgIpc) is 2.65. The molecule has 2 heteroatoms. The van der Waals surface area contributed by atoms with Crippen molar-refractivity contribution in [3.63, 3.8) is 0 Å². The third kappa shape index (κ3) is 2.43. The predicted octanol–water partition coefficient (Wildman–Crippen LogP) is 3.31. The summed E-state index contributed by atoms with van der Waals surface area (Å²) in [6, 6.07) is 7.96. The van der Waals surface area contributed by atoms with Gasteiger partial charge in [-0.05, 0) is 44.4 Å². The second-order valence-electron chi connectivity index (χ2n) is 4.65. The van der Waals surface area contributed by atoms with Crippen LogP contribution < -0.4 is 4.74 Å². The fraction of sp³-hybridized carbons (Fsp3) is 0.500. The number of hydrogen-bond acceptors (Lipinski definition) is 2. The minimum atomic E-state index is 0.132. The largest absolute Gasteiger partial charge is 0.491 e. The Morgan fingerprint density at radius 3 is 2.44 bits per heavy atom. The average molecular weight is 218 g/mol. The maximum atomic E-state index is 11.6. The zero-order valence-corrected chi connectivity index (χ0v) is 9.90. The molecular formula is C14H18O2. The molecule has 1 aromatic rings. The van der Waals surface area contributed by atoms with E-state index in [0.717, 1.165) is 30.6 Å². The summed E-state index contributed by atoms with van der Waals surface area (Å²) in [4.78, 5) is 11.6. The van der Waals surface area contributed by atoms with Gasteiger partial charge in [0.2, 0.25) is 0 Å². The molecule has 0 amide bonds. The Kier molecular flexibility index (Phi) is 3.28. The van der Waals surface area contributed by atoms with Gasteiger partial charge < -0.3 is 4.74 Å². The predicted molar refractivity (Wildman–Crippen MR) is 63.8 cm³/mol. The maximum Gasteiger partial charge on any atom is 0.140 e. The molecule has 2 rings (SSSR count). The zero-order chi connectivity index (χ0) is 11.5. The Hall–Kier alpha value is -1.31. The fourth-order valence-corrected chi connectivity index (χ4v) is 2.22. The van der Waals surface area contributed by atoms with Crippen molar-refractivity contribution >= 4 is 5.78 Å². The van der Waals surface area contributed by atoms with Gasteiger partial charge in [0, 0.05) is 12.3 Å².